The van der Waals surface area contributed by atoms with Crippen LogP contribution in [0.2, 0.25) is 0 Å². The highest BCUT2D eigenvalue weighted by Gasteiger charge is 2.21. The first-order valence-electron chi connectivity index (χ1n) is 9.10. The molecule has 1 unspecified atom stereocenters. The zero-order valence-corrected chi connectivity index (χ0v) is 14.7. The monoisotopic (exact) mass is 350 g/mol. The van der Waals surface area contributed by atoms with Gasteiger partial charge in [0.1, 0.15) is 5.82 Å². The summed E-state index contributed by atoms with van der Waals surface area (Å²) in [6, 6.07) is 17.4. The fraction of sp³-hybridized carbons (Fsp3) is 0.286. The van der Waals surface area contributed by atoms with Crippen molar-refractivity contribution < 1.29 is 4.39 Å². The SMILES string of the molecule is Fc1ccc(-c2[nH]ncc2CN2CCCC(Nc3ccccc3)C2)cc1. The lowest BCUT2D eigenvalue weighted by atomic mass is 10.0. The Morgan fingerprint density at radius 1 is 1.12 bits per heavy atom. The van der Waals surface area contributed by atoms with E-state index in [2.05, 4.69) is 44.7 Å². The summed E-state index contributed by atoms with van der Waals surface area (Å²) in [5, 5.41) is 10.9. The van der Waals surface area contributed by atoms with Gasteiger partial charge >= 0.3 is 0 Å². The molecule has 2 heterocycles. The van der Waals surface area contributed by atoms with E-state index in [0.717, 1.165) is 36.5 Å². The van der Waals surface area contributed by atoms with Crippen LogP contribution >= 0.6 is 0 Å². The van der Waals surface area contributed by atoms with Gasteiger partial charge in [-0.2, -0.15) is 5.10 Å². The summed E-state index contributed by atoms with van der Waals surface area (Å²) in [6.07, 6.45) is 4.24. The van der Waals surface area contributed by atoms with Crippen LogP contribution in [0.3, 0.4) is 0 Å². The molecule has 3 aromatic rings. The summed E-state index contributed by atoms with van der Waals surface area (Å²) in [6.45, 7) is 2.93. The van der Waals surface area contributed by atoms with Gasteiger partial charge in [0.25, 0.3) is 0 Å². The van der Waals surface area contributed by atoms with Crippen LogP contribution in [0.4, 0.5) is 10.1 Å². The predicted molar refractivity (Wildman–Crippen MR) is 102 cm³/mol. The molecule has 0 amide bonds. The van der Waals surface area contributed by atoms with Crippen molar-refractivity contribution in [1.29, 1.82) is 0 Å². The molecule has 0 radical (unpaired) electrons. The maximum Gasteiger partial charge on any atom is 0.123 e. The molecule has 134 valence electrons. The van der Waals surface area contributed by atoms with Gasteiger partial charge in [-0.05, 0) is 55.8 Å². The first-order chi connectivity index (χ1) is 12.8. The molecule has 4 rings (SSSR count). The van der Waals surface area contributed by atoms with Crippen molar-refractivity contribution in [2.75, 3.05) is 18.4 Å². The van der Waals surface area contributed by atoms with Crippen LogP contribution in [0.25, 0.3) is 11.3 Å². The first kappa shape index (κ1) is 16.8. The Bertz CT molecular complexity index is 829. The molecular weight excluding hydrogens is 327 g/mol. The third kappa shape index (κ3) is 3.94. The normalized spacial score (nSPS) is 18.0. The second kappa shape index (κ2) is 7.70. The first-order valence-corrected chi connectivity index (χ1v) is 9.10. The number of anilines is 1. The van der Waals surface area contributed by atoms with Gasteiger partial charge < -0.3 is 5.32 Å². The predicted octanol–water partition coefficient (Wildman–Crippen LogP) is 4.29. The van der Waals surface area contributed by atoms with Crippen molar-refractivity contribution in [1.82, 2.24) is 15.1 Å². The van der Waals surface area contributed by atoms with Crippen molar-refractivity contribution >= 4 is 5.69 Å². The number of hydrogen-bond acceptors (Lipinski definition) is 3. The zero-order valence-electron chi connectivity index (χ0n) is 14.7. The molecule has 0 saturated carbocycles. The van der Waals surface area contributed by atoms with E-state index in [1.807, 2.05) is 12.3 Å². The second-order valence-electron chi connectivity index (χ2n) is 6.86. The maximum atomic E-state index is 13.2. The van der Waals surface area contributed by atoms with Crippen LogP contribution in [-0.2, 0) is 6.54 Å². The Labute approximate surface area is 153 Å². The number of halogens is 1. The number of hydrogen-bond donors (Lipinski definition) is 2. The molecule has 0 aliphatic carbocycles. The lowest BCUT2D eigenvalue weighted by Gasteiger charge is -2.33. The summed E-state index contributed by atoms with van der Waals surface area (Å²) < 4.78 is 13.2. The van der Waals surface area contributed by atoms with Gasteiger partial charge in [-0.1, -0.05) is 18.2 Å². The van der Waals surface area contributed by atoms with Crippen LogP contribution in [0.5, 0.6) is 0 Å². The number of nitrogens with zero attached hydrogens (tertiary/aromatic N) is 2. The molecule has 1 fully saturated rings. The topological polar surface area (TPSA) is 44.0 Å². The summed E-state index contributed by atoms with van der Waals surface area (Å²) >= 11 is 0. The molecule has 1 aliphatic heterocycles. The Morgan fingerprint density at radius 2 is 1.92 bits per heavy atom. The summed E-state index contributed by atoms with van der Waals surface area (Å²) in [5.41, 5.74) is 4.27. The lowest BCUT2D eigenvalue weighted by Crippen LogP contribution is -2.41. The van der Waals surface area contributed by atoms with Gasteiger partial charge in [0, 0.05) is 35.9 Å². The molecule has 0 spiro atoms. The highest BCUT2D eigenvalue weighted by Crippen LogP contribution is 2.24. The molecule has 26 heavy (non-hydrogen) atoms. The standard InChI is InChI=1S/C21H23FN4/c22-18-10-8-16(9-11-18)21-17(13-23-25-21)14-26-12-4-7-20(15-26)24-19-5-2-1-3-6-19/h1-3,5-6,8-11,13,20,24H,4,7,12,14-15H2,(H,23,25). The fourth-order valence-corrected chi connectivity index (χ4v) is 3.63. The van der Waals surface area contributed by atoms with Gasteiger partial charge in [0.05, 0.1) is 11.9 Å². The minimum absolute atomic E-state index is 0.222. The maximum absolute atomic E-state index is 13.2. The highest BCUT2D eigenvalue weighted by molar-refractivity contribution is 5.62. The Kier molecular flexibility index (Phi) is 4.97. The molecule has 1 atom stereocenters. The summed E-state index contributed by atoms with van der Waals surface area (Å²) in [4.78, 5) is 2.46. The van der Waals surface area contributed by atoms with Crippen molar-refractivity contribution in [2.45, 2.75) is 25.4 Å². The van der Waals surface area contributed by atoms with Gasteiger partial charge in [0.2, 0.25) is 0 Å². The van der Waals surface area contributed by atoms with E-state index in [4.69, 9.17) is 0 Å². The lowest BCUT2D eigenvalue weighted by molar-refractivity contribution is 0.209. The van der Waals surface area contributed by atoms with Gasteiger partial charge in [-0.15, -0.1) is 0 Å². The van der Waals surface area contributed by atoms with E-state index >= 15 is 0 Å². The number of likely N-dealkylation sites (tertiary alicyclic amines) is 1. The number of H-pyrrole nitrogens is 1. The van der Waals surface area contributed by atoms with Crippen molar-refractivity contribution in [3.63, 3.8) is 0 Å². The number of aromatic nitrogens is 2. The van der Waals surface area contributed by atoms with Gasteiger partial charge in [-0.25, -0.2) is 4.39 Å². The fourth-order valence-electron chi connectivity index (χ4n) is 3.63. The van der Waals surface area contributed by atoms with E-state index in [0.29, 0.717) is 6.04 Å². The van der Waals surface area contributed by atoms with Gasteiger partial charge in [0.15, 0.2) is 0 Å². The zero-order chi connectivity index (χ0) is 17.8. The summed E-state index contributed by atoms with van der Waals surface area (Å²) in [5.74, 6) is -0.222. The molecule has 1 aliphatic rings. The Balaban J connectivity index is 1.43. The van der Waals surface area contributed by atoms with Gasteiger partial charge in [-0.3, -0.25) is 10.00 Å². The molecule has 2 N–H and O–H groups in total. The molecule has 5 heteroatoms. The van der Waals surface area contributed by atoms with E-state index < -0.39 is 0 Å². The molecular formula is C21H23FN4. The van der Waals surface area contributed by atoms with Crippen LogP contribution in [-0.4, -0.2) is 34.2 Å². The van der Waals surface area contributed by atoms with E-state index in [1.54, 1.807) is 12.1 Å². The van der Waals surface area contributed by atoms with Crippen LogP contribution < -0.4 is 5.32 Å². The van der Waals surface area contributed by atoms with E-state index in [1.165, 1.54) is 30.7 Å². The Hall–Kier alpha value is -2.66. The molecule has 1 saturated heterocycles. The quantitative estimate of drug-likeness (QED) is 0.721. The van der Waals surface area contributed by atoms with Crippen LogP contribution in [0.15, 0.2) is 60.8 Å². The van der Waals surface area contributed by atoms with Crippen molar-refractivity contribution in [3.8, 4) is 11.3 Å². The van der Waals surface area contributed by atoms with Crippen LogP contribution in [0, 0.1) is 5.82 Å². The number of para-hydroxylation sites is 1. The van der Waals surface area contributed by atoms with Crippen molar-refractivity contribution in [2.24, 2.45) is 0 Å². The average molecular weight is 350 g/mol. The molecule has 0 bridgehead atoms. The number of benzene rings is 2. The largest absolute Gasteiger partial charge is 0.381 e. The van der Waals surface area contributed by atoms with Crippen LogP contribution in [0.1, 0.15) is 18.4 Å². The molecule has 4 nitrogen and oxygen atoms in total. The number of aromatic amines is 1. The minimum atomic E-state index is -0.222. The number of piperidine rings is 1. The van der Waals surface area contributed by atoms with E-state index in [-0.39, 0.29) is 5.82 Å². The summed E-state index contributed by atoms with van der Waals surface area (Å²) in [7, 11) is 0. The second-order valence-corrected chi connectivity index (χ2v) is 6.86. The van der Waals surface area contributed by atoms with E-state index in [9.17, 15) is 4.39 Å². The third-order valence-corrected chi connectivity index (χ3v) is 4.89. The third-order valence-electron chi connectivity index (χ3n) is 4.89. The number of rotatable bonds is 5. The minimum Gasteiger partial charge on any atom is -0.381 e. The average Bonchev–Trinajstić information content (AvgIpc) is 3.12. The molecule has 2 aromatic carbocycles. The Morgan fingerprint density at radius 3 is 2.73 bits per heavy atom. The number of nitrogens with one attached hydrogen (secondary N) is 2. The highest BCUT2D eigenvalue weighted by atomic mass is 19.1. The molecule has 1 aromatic heterocycles. The smallest absolute Gasteiger partial charge is 0.123 e. The van der Waals surface area contributed by atoms with Crippen molar-refractivity contribution in [3.05, 3.63) is 72.2 Å².